The molecule has 0 heterocycles. The van der Waals surface area contributed by atoms with Gasteiger partial charge in [0.1, 0.15) is 0 Å². The average Bonchev–Trinajstić information content (AvgIpc) is 3.10. The van der Waals surface area contributed by atoms with Gasteiger partial charge in [0.2, 0.25) is 0 Å². The summed E-state index contributed by atoms with van der Waals surface area (Å²) in [5.74, 6) is -0.454. The Morgan fingerprint density at radius 2 is 2.00 bits per heavy atom. The summed E-state index contributed by atoms with van der Waals surface area (Å²) in [5.41, 5.74) is 2.55. The fourth-order valence-electron chi connectivity index (χ4n) is 2.25. The average molecular weight is 232 g/mol. The molecule has 0 aromatic heterocycles. The Bertz CT molecular complexity index is 484. The molecule has 3 nitrogen and oxygen atoms in total. The molecule has 1 aliphatic carbocycles. The van der Waals surface area contributed by atoms with E-state index in [-0.39, 0.29) is 11.3 Å². The lowest BCUT2D eigenvalue weighted by atomic mass is 9.91. The van der Waals surface area contributed by atoms with Crippen molar-refractivity contribution in [3.8, 4) is 0 Å². The molecule has 0 bridgehead atoms. The van der Waals surface area contributed by atoms with Crippen molar-refractivity contribution in [2.24, 2.45) is 0 Å². The molecule has 0 saturated heterocycles. The Morgan fingerprint density at radius 3 is 2.47 bits per heavy atom. The maximum absolute atomic E-state index is 12.0. The van der Waals surface area contributed by atoms with Crippen molar-refractivity contribution in [3.63, 3.8) is 0 Å². The third-order valence-electron chi connectivity index (χ3n) is 3.34. The predicted octanol–water partition coefficient (Wildman–Crippen LogP) is 3.16. The number of carboxylic acids is 1. The molecule has 90 valence electrons. The molecule has 17 heavy (non-hydrogen) atoms. The van der Waals surface area contributed by atoms with Gasteiger partial charge in [-0.05, 0) is 42.9 Å². The molecule has 2 rings (SSSR count). The minimum absolute atomic E-state index is 0.0486. The van der Waals surface area contributed by atoms with E-state index in [1.807, 2.05) is 13.0 Å². The minimum Gasteiger partial charge on any atom is -0.478 e. The molecule has 0 radical (unpaired) electrons. The normalized spacial score (nSPS) is 14.7. The number of hydrogen-bond acceptors (Lipinski definition) is 2. The largest absolute Gasteiger partial charge is 0.478 e. The van der Waals surface area contributed by atoms with Gasteiger partial charge in [-0.15, -0.1) is 0 Å². The van der Waals surface area contributed by atoms with Crippen molar-refractivity contribution in [1.29, 1.82) is 0 Å². The van der Waals surface area contributed by atoms with Crippen LogP contribution in [0, 0.1) is 6.92 Å². The van der Waals surface area contributed by atoms with E-state index in [2.05, 4.69) is 0 Å². The Morgan fingerprint density at radius 1 is 1.35 bits per heavy atom. The second-order valence-corrected chi connectivity index (χ2v) is 4.56. The molecule has 0 aliphatic heterocycles. The molecule has 1 aromatic rings. The smallest absolute Gasteiger partial charge is 0.335 e. The number of carbonyl (C=O) groups excluding carboxylic acids is 1. The lowest BCUT2D eigenvalue weighted by molar-refractivity contribution is 0.0696. The van der Waals surface area contributed by atoms with Gasteiger partial charge in [0.05, 0.1) is 5.56 Å². The summed E-state index contributed by atoms with van der Waals surface area (Å²) in [6.07, 6.45) is 2.63. The summed E-state index contributed by atoms with van der Waals surface area (Å²) in [5, 5.41) is 9.08. The number of aromatic carboxylic acids is 1. The van der Waals surface area contributed by atoms with Crippen molar-refractivity contribution in [1.82, 2.24) is 0 Å². The zero-order valence-corrected chi connectivity index (χ0v) is 10.1. The lowest BCUT2D eigenvalue weighted by Gasteiger charge is -2.12. The maximum atomic E-state index is 12.0. The van der Waals surface area contributed by atoms with Gasteiger partial charge in [0, 0.05) is 12.0 Å². The van der Waals surface area contributed by atoms with E-state index in [4.69, 9.17) is 5.11 Å². The van der Waals surface area contributed by atoms with Crippen LogP contribution in [0.5, 0.6) is 0 Å². The van der Waals surface area contributed by atoms with Crippen molar-refractivity contribution in [3.05, 3.63) is 34.4 Å². The summed E-state index contributed by atoms with van der Waals surface area (Å²) < 4.78 is 0. The fourth-order valence-corrected chi connectivity index (χ4v) is 2.25. The molecule has 0 amide bonds. The molecule has 1 aromatic carbocycles. The first-order chi connectivity index (χ1) is 8.06. The van der Waals surface area contributed by atoms with E-state index in [1.54, 1.807) is 13.0 Å². The van der Waals surface area contributed by atoms with Crippen LogP contribution in [0.15, 0.2) is 12.1 Å². The van der Waals surface area contributed by atoms with Crippen LogP contribution in [0.4, 0.5) is 0 Å². The molecule has 3 heteroatoms. The van der Waals surface area contributed by atoms with Crippen LogP contribution in [0.1, 0.15) is 63.9 Å². The minimum atomic E-state index is -0.963. The number of rotatable bonds is 4. The Hall–Kier alpha value is -1.64. The molecule has 0 atom stereocenters. The Labute approximate surface area is 100 Å². The molecule has 0 unspecified atom stereocenters. The number of benzene rings is 1. The van der Waals surface area contributed by atoms with Crippen LogP contribution in [0.3, 0.4) is 0 Å². The monoisotopic (exact) mass is 232 g/mol. The number of carbonyl (C=O) groups is 2. The molecule has 0 spiro atoms. The fraction of sp³-hybridized carbons (Fsp3) is 0.429. The Kier molecular flexibility index (Phi) is 3.01. The summed E-state index contributed by atoms with van der Waals surface area (Å²) in [6, 6.07) is 3.44. The van der Waals surface area contributed by atoms with E-state index < -0.39 is 5.97 Å². The zero-order chi connectivity index (χ0) is 12.6. The van der Waals surface area contributed by atoms with Crippen LogP contribution in [-0.4, -0.2) is 16.9 Å². The van der Waals surface area contributed by atoms with Crippen molar-refractivity contribution < 1.29 is 14.7 Å². The van der Waals surface area contributed by atoms with E-state index in [0.29, 0.717) is 23.5 Å². The van der Waals surface area contributed by atoms with Crippen LogP contribution in [0.2, 0.25) is 0 Å². The SMILES string of the molecule is CCC(=O)c1c(C2CC2)ccc(C(=O)O)c1C. The van der Waals surface area contributed by atoms with Crippen LogP contribution in [-0.2, 0) is 0 Å². The summed E-state index contributed by atoms with van der Waals surface area (Å²) >= 11 is 0. The van der Waals surface area contributed by atoms with Crippen LogP contribution >= 0.6 is 0 Å². The first-order valence-electron chi connectivity index (χ1n) is 5.96. The van der Waals surface area contributed by atoms with E-state index in [9.17, 15) is 9.59 Å². The number of Topliss-reactive ketones (excluding diaryl/α,β-unsaturated/α-hetero) is 1. The van der Waals surface area contributed by atoms with Gasteiger partial charge in [-0.2, -0.15) is 0 Å². The first kappa shape index (κ1) is 11.8. The summed E-state index contributed by atoms with van der Waals surface area (Å²) in [7, 11) is 0. The summed E-state index contributed by atoms with van der Waals surface area (Å²) in [4.78, 5) is 23.0. The highest BCUT2D eigenvalue weighted by Gasteiger charge is 2.29. The van der Waals surface area contributed by atoms with Crippen LogP contribution in [0.25, 0.3) is 0 Å². The topological polar surface area (TPSA) is 54.4 Å². The molecule has 1 saturated carbocycles. The van der Waals surface area contributed by atoms with Gasteiger partial charge in [-0.1, -0.05) is 13.0 Å². The quantitative estimate of drug-likeness (QED) is 0.811. The van der Waals surface area contributed by atoms with Gasteiger partial charge in [-0.25, -0.2) is 4.79 Å². The third kappa shape index (κ3) is 2.09. The van der Waals surface area contributed by atoms with Gasteiger partial charge in [-0.3, -0.25) is 4.79 Å². The number of ketones is 1. The highest BCUT2D eigenvalue weighted by molar-refractivity contribution is 6.02. The number of hydrogen-bond donors (Lipinski definition) is 1. The van der Waals surface area contributed by atoms with Crippen molar-refractivity contribution >= 4 is 11.8 Å². The number of carboxylic acid groups (broad SMARTS) is 1. The van der Waals surface area contributed by atoms with Crippen LogP contribution < -0.4 is 0 Å². The third-order valence-corrected chi connectivity index (χ3v) is 3.34. The van der Waals surface area contributed by atoms with E-state index >= 15 is 0 Å². The first-order valence-corrected chi connectivity index (χ1v) is 5.96. The molecular weight excluding hydrogens is 216 g/mol. The van der Waals surface area contributed by atoms with Gasteiger partial charge in [0.15, 0.2) is 5.78 Å². The lowest BCUT2D eigenvalue weighted by Crippen LogP contribution is -2.10. The second kappa shape index (κ2) is 4.32. The molecule has 1 aliphatic rings. The standard InChI is InChI=1S/C14H16O3/c1-3-12(15)13-8(2)10(14(16)17)6-7-11(13)9-4-5-9/h6-7,9H,3-5H2,1-2H3,(H,16,17). The highest BCUT2D eigenvalue weighted by atomic mass is 16.4. The summed E-state index contributed by atoms with van der Waals surface area (Å²) in [6.45, 7) is 3.55. The van der Waals surface area contributed by atoms with E-state index in [1.165, 1.54) is 0 Å². The van der Waals surface area contributed by atoms with E-state index in [0.717, 1.165) is 18.4 Å². The molecular formula is C14H16O3. The Balaban J connectivity index is 2.59. The van der Waals surface area contributed by atoms with Crippen molar-refractivity contribution in [2.45, 2.75) is 39.0 Å². The van der Waals surface area contributed by atoms with Crippen molar-refractivity contribution in [2.75, 3.05) is 0 Å². The van der Waals surface area contributed by atoms with Gasteiger partial charge in [0.25, 0.3) is 0 Å². The molecule has 1 N–H and O–H groups in total. The maximum Gasteiger partial charge on any atom is 0.335 e. The van der Waals surface area contributed by atoms with Gasteiger partial charge < -0.3 is 5.11 Å². The second-order valence-electron chi connectivity index (χ2n) is 4.56. The predicted molar refractivity (Wildman–Crippen MR) is 64.7 cm³/mol. The zero-order valence-electron chi connectivity index (χ0n) is 10.1. The molecule has 1 fully saturated rings. The highest BCUT2D eigenvalue weighted by Crippen LogP contribution is 2.43. The van der Waals surface area contributed by atoms with Gasteiger partial charge >= 0.3 is 5.97 Å².